The Labute approximate surface area is 614 Å². The molecule has 4 N–H and O–H groups in total. The van der Waals surface area contributed by atoms with Crippen molar-refractivity contribution in [3.63, 3.8) is 0 Å². The number of unbranched alkanes of at least 4 members (excludes halogenated alkanes) is 32. The van der Waals surface area contributed by atoms with Gasteiger partial charge >= 0.3 is 33.6 Å². The number of carbonyl (C=O) groups is 3. The van der Waals surface area contributed by atoms with Gasteiger partial charge in [-0.3, -0.25) is 32.5 Å². The van der Waals surface area contributed by atoms with Gasteiger partial charge in [-0.2, -0.15) is 0 Å². The highest BCUT2D eigenvalue weighted by Gasteiger charge is 2.29. The fourth-order valence-electron chi connectivity index (χ4n) is 10.6. The predicted molar refractivity (Wildman–Crippen MR) is 417 cm³/mol. The molecule has 18 heteroatoms. The molecule has 0 amide bonds. The number of phosphoric acid groups is 2. The van der Waals surface area contributed by atoms with Crippen LogP contribution in [0, 0.1) is 0 Å². The van der Waals surface area contributed by atoms with Gasteiger partial charge < -0.3 is 34.2 Å². The number of esters is 3. The van der Waals surface area contributed by atoms with E-state index >= 15 is 0 Å². The number of aliphatic hydroxyl groups is 2. The van der Waals surface area contributed by atoms with E-state index in [0.717, 1.165) is 161 Å². The molecule has 0 fully saturated rings. The van der Waals surface area contributed by atoms with Crippen LogP contribution >= 0.6 is 15.6 Å². The lowest BCUT2D eigenvalue weighted by atomic mass is 10.0. The predicted octanol–water partition coefficient (Wildman–Crippen LogP) is 23.3. The Morgan fingerprint density at radius 2 is 0.525 bits per heavy atom. The summed E-state index contributed by atoms with van der Waals surface area (Å²) in [4.78, 5) is 58.7. The van der Waals surface area contributed by atoms with Crippen molar-refractivity contribution < 1.29 is 75.8 Å². The maximum atomic E-state index is 13.0. The van der Waals surface area contributed by atoms with Crippen molar-refractivity contribution >= 4 is 33.6 Å². The molecule has 0 spiro atoms. The average Bonchev–Trinajstić information content (AvgIpc) is 0.951. The first-order chi connectivity index (χ1) is 49.2. The van der Waals surface area contributed by atoms with Crippen molar-refractivity contribution in [3.8, 4) is 0 Å². The SMILES string of the molecule is CC/C=C\C/C=C\C/C=C\C/C=C\C/C=C\C/C=C\CCCCCCCCCCC(=O)OCC(O)COP(=O)(O)OCC(O)COP(=O)(O)OCC(COC(=O)CCCCCCCCC/C=C\C/C=C\C/C=C\C/C=C\CCCCC)OC(=O)CCCCCCCCCCCCCCCCC. The summed E-state index contributed by atoms with van der Waals surface area (Å²) in [6, 6.07) is 0. The summed E-state index contributed by atoms with van der Waals surface area (Å²) in [6.07, 6.45) is 89.5. The number of carbonyl (C=O) groups excluding carboxylic acids is 3. The van der Waals surface area contributed by atoms with Gasteiger partial charge in [-0.1, -0.05) is 316 Å². The molecule has 16 nitrogen and oxygen atoms in total. The second kappa shape index (κ2) is 75.6. The molecule has 5 unspecified atom stereocenters. The number of aliphatic hydroxyl groups excluding tert-OH is 2. The third-order valence-electron chi connectivity index (χ3n) is 16.7. The summed E-state index contributed by atoms with van der Waals surface area (Å²) in [7, 11) is -9.79. The smallest absolute Gasteiger partial charge is 0.463 e. The fraction of sp³-hybridized carbons (Fsp3) is 0.723. The lowest BCUT2D eigenvalue weighted by molar-refractivity contribution is -0.161. The van der Waals surface area contributed by atoms with E-state index in [1.807, 2.05) is 0 Å². The first-order valence-electron chi connectivity index (χ1n) is 39.8. The number of hydrogen-bond donors (Lipinski definition) is 4. The van der Waals surface area contributed by atoms with E-state index in [4.69, 9.17) is 32.3 Å². The average molecular weight is 1460 g/mol. The summed E-state index contributed by atoms with van der Waals surface area (Å²) < 4.78 is 61.2. The fourth-order valence-corrected chi connectivity index (χ4v) is 12.2. The number of phosphoric ester groups is 2. The maximum absolute atomic E-state index is 13.0. The molecule has 5 atom stereocenters. The van der Waals surface area contributed by atoms with Crippen molar-refractivity contribution in [1.29, 1.82) is 0 Å². The van der Waals surface area contributed by atoms with Gasteiger partial charge in [-0.05, 0) is 116 Å². The van der Waals surface area contributed by atoms with E-state index in [-0.39, 0.29) is 19.3 Å². The van der Waals surface area contributed by atoms with Crippen molar-refractivity contribution in [2.24, 2.45) is 0 Å². The first kappa shape index (κ1) is 97.0. The van der Waals surface area contributed by atoms with Crippen LogP contribution in [0.1, 0.15) is 329 Å². The normalized spacial score (nSPS) is 14.6. The minimum absolute atomic E-state index is 0.104. The van der Waals surface area contributed by atoms with Crippen molar-refractivity contribution in [2.45, 2.75) is 347 Å². The molecule has 0 aromatic rings. The van der Waals surface area contributed by atoms with Gasteiger partial charge in [-0.25, -0.2) is 9.13 Å². The van der Waals surface area contributed by atoms with Crippen LogP contribution in [0.5, 0.6) is 0 Å². The van der Waals surface area contributed by atoms with Crippen molar-refractivity contribution in [3.05, 3.63) is 122 Å². The number of allylic oxidation sites excluding steroid dienone is 20. The van der Waals surface area contributed by atoms with E-state index in [1.165, 1.54) is 109 Å². The maximum Gasteiger partial charge on any atom is 0.472 e. The number of hydrogen-bond acceptors (Lipinski definition) is 14. The molecule has 0 heterocycles. The lowest BCUT2D eigenvalue weighted by Gasteiger charge is -2.21. The lowest BCUT2D eigenvalue weighted by Crippen LogP contribution is -2.30. The molecule has 0 aromatic heterocycles. The van der Waals surface area contributed by atoms with Crippen LogP contribution < -0.4 is 0 Å². The zero-order chi connectivity index (χ0) is 73.7. The molecule has 0 saturated heterocycles. The minimum atomic E-state index is -4.93. The van der Waals surface area contributed by atoms with E-state index < -0.39 is 91.5 Å². The molecule has 0 aromatic carbocycles. The van der Waals surface area contributed by atoms with Crippen LogP contribution in [0.4, 0.5) is 0 Å². The topological polar surface area (TPSA) is 231 Å². The molecule has 582 valence electrons. The third-order valence-corrected chi connectivity index (χ3v) is 18.6. The summed E-state index contributed by atoms with van der Waals surface area (Å²) in [6.45, 7) is 2.55. The zero-order valence-electron chi connectivity index (χ0n) is 63.5. The Hall–Kier alpha value is -4.05. The monoisotopic (exact) mass is 1460 g/mol. The Balaban J connectivity index is 4.59. The van der Waals surface area contributed by atoms with Crippen LogP contribution in [0.15, 0.2) is 122 Å². The number of rotatable bonds is 75. The molecular formula is C83H144O16P2. The van der Waals surface area contributed by atoms with Gasteiger partial charge in [0.2, 0.25) is 0 Å². The second-order valence-electron chi connectivity index (χ2n) is 26.5. The van der Waals surface area contributed by atoms with Crippen LogP contribution in [0.25, 0.3) is 0 Å². The number of ether oxygens (including phenoxy) is 3. The van der Waals surface area contributed by atoms with Gasteiger partial charge in [0.1, 0.15) is 25.4 Å². The van der Waals surface area contributed by atoms with Crippen LogP contribution in [0.3, 0.4) is 0 Å². The zero-order valence-corrected chi connectivity index (χ0v) is 65.3. The molecule has 0 aliphatic rings. The Kier molecular flexibility index (Phi) is 72.6. The molecule has 0 rings (SSSR count). The van der Waals surface area contributed by atoms with Gasteiger partial charge in [-0.15, -0.1) is 0 Å². The molecular weight excluding hydrogens is 1310 g/mol. The van der Waals surface area contributed by atoms with E-state index in [9.17, 15) is 43.5 Å². The summed E-state index contributed by atoms with van der Waals surface area (Å²) in [5.74, 6) is -1.58. The molecule has 101 heavy (non-hydrogen) atoms. The Morgan fingerprint density at radius 3 is 0.851 bits per heavy atom. The Morgan fingerprint density at radius 1 is 0.287 bits per heavy atom. The molecule has 0 radical (unpaired) electrons. The van der Waals surface area contributed by atoms with E-state index in [2.05, 4.69) is 142 Å². The van der Waals surface area contributed by atoms with Gasteiger partial charge in [0.25, 0.3) is 0 Å². The van der Waals surface area contributed by atoms with Crippen molar-refractivity contribution in [1.82, 2.24) is 0 Å². The Bertz CT molecular complexity index is 2320. The van der Waals surface area contributed by atoms with Crippen LogP contribution in [0.2, 0.25) is 0 Å². The van der Waals surface area contributed by atoms with Crippen LogP contribution in [-0.4, -0.2) is 95.9 Å². The van der Waals surface area contributed by atoms with Crippen LogP contribution in [-0.2, 0) is 55.8 Å². The third kappa shape index (κ3) is 76.9. The summed E-state index contributed by atoms with van der Waals surface area (Å²) in [5, 5.41) is 20.6. The molecule has 0 saturated carbocycles. The van der Waals surface area contributed by atoms with E-state index in [0.29, 0.717) is 19.3 Å². The van der Waals surface area contributed by atoms with Gasteiger partial charge in [0, 0.05) is 19.3 Å². The largest absolute Gasteiger partial charge is 0.472 e. The standard InChI is InChI=1S/C83H144O16P2/c1-4-7-10-13-16-19-22-25-28-30-32-34-36-37-38-39-41-43-44-46-49-51-54-57-60-63-66-69-81(86)93-72-78(84)73-95-100(89,90)96-74-79(85)75-97-101(91,92)98-77-80(99-83(88)71-68-65-62-59-56-53-48-27-24-21-18-15-12-9-6-3)76-94-82(87)70-67-64-61-58-55-52-50-47-45-42-40-35-33-31-29-26-23-20-17-14-11-8-5-2/h7,10,16-17,19-20,25-26,28-29,32-35,37-38,41-43,45,78-80,84-85H,4-6,8-9,11-15,18,21-24,27,30-31,36,39-40,44,46-77H2,1-3H3,(H,89,90)(H,91,92)/b10-7-,19-16-,20-17-,28-25-,29-26-,34-32-,35-33-,38-37-,43-41-,45-42-. The first-order valence-corrected chi connectivity index (χ1v) is 42.8. The quantitative estimate of drug-likeness (QED) is 0.0146. The van der Waals surface area contributed by atoms with E-state index in [1.54, 1.807) is 0 Å². The molecule has 0 aliphatic heterocycles. The van der Waals surface area contributed by atoms with Gasteiger partial charge in [0.05, 0.1) is 26.4 Å². The molecule has 0 bridgehead atoms. The summed E-state index contributed by atoms with van der Waals surface area (Å²) in [5.41, 5.74) is 0. The molecule has 0 aliphatic carbocycles. The van der Waals surface area contributed by atoms with Gasteiger partial charge in [0.15, 0.2) is 6.10 Å². The highest BCUT2D eigenvalue weighted by molar-refractivity contribution is 7.47. The minimum Gasteiger partial charge on any atom is -0.463 e. The van der Waals surface area contributed by atoms with Crippen molar-refractivity contribution in [2.75, 3.05) is 39.6 Å². The second-order valence-corrected chi connectivity index (χ2v) is 29.4. The highest BCUT2D eigenvalue weighted by Crippen LogP contribution is 2.45. The highest BCUT2D eigenvalue weighted by atomic mass is 31.2. The summed E-state index contributed by atoms with van der Waals surface area (Å²) >= 11 is 0.